The van der Waals surface area contributed by atoms with Gasteiger partial charge in [-0.05, 0) is 19.4 Å². The molecule has 14 heavy (non-hydrogen) atoms. The zero-order chi connectivity index (χ0) is 9.97. The van der Waals surface area contributed by atoms with Crippen LogP contribution in [0, 0.1) is 13.8 Å². The van der Waals surface area contributed by atoms with Gasteiger partial charge in [0.05, 0.1) is 11.9 Å². The van der Waals surface area contributed by atoms with Crippen molar-refractivity contribution in [2.45, 2.75) is 13.8 Å². The lowest BCUT2D eigenvalue weighted by Crippen LogP contribution is -1.95. The second-order valence-corrected chi connectivity index (χ2v) is 3.24. The summed E-state index contributed by atoms with van der Waals surface area (Å²) in [5.41, 5.74) is 3.04. The van der Waals surface area contributed by atoms with Crippen molar-refractivity contribution < 1.29 is 0 Å². The van der Waals surface area contributed by atoms with Crippen molar-refractivity contribution in [1.82, 2.24) is 15.2 Å². The fraction of sp³-hybridized carbons (Fsp3) is 0.182. The van der Waals surface area contributed by atoms with Crippen molar-refractivity contribution in [1.29, 1.82) is 0 Å². The van der Waals surface area contributed by atoms with Gasteiger partial charge in [-0.3, -0.25) is 0 Å². The van der Waals surface area contributed by atoms with Crippen LogP contribution in [0.5, 0.6) is 0 Å². The summed E-state index contributed by atoms with van der Waals surface area (Å²) in [4.78, 5) is 4.24. The molecule has 0 atom stereocenters. The summed E-state index contributed by atoms with van der Waals surface area (Å²) in [6, 6.07) is 8.02. The molecule has 0 aliphatic carbocycles. The first-order chi connectivity index (χ1) is 6.77. The van der Waals surface area contributed by atoms with E-state index in [1.165, 1.54) is 0 Å². The third-order valence-electron chi connectivity index (χ3n) is 2.06. The Balaban J connectivity index is 2.50. The van der Waals surface area contributed by atoms with E-state index in [1.54, 1.807) is 6.20 Å². The van der Waals surface area contributed by atoms with Gasteiger partial charge >= 0.3 is 0 Å². The molecule has 2 aromatic rings. The summed E-state index contributed by atoms with van der Waals surface area (Å²) >= 11 is 0. The summed E-state index contributed by atoms with van der Waals surface area (Å²) in [7, 11) is 0. The number of aromatic nitrogens is 3. The van der Waals surface area contributed by atoms with Crippen LogP contribution in [0.15, 0.2) is 30.5 Å². The number of rotatable bonds is 1. The molecular weight excluding hydrogens is 174 g/mol. The minimum absolute atomic E-state index is 0.689. The molecule has 0 amide bonds. The molecule has 0 radical (unpaired) electrons. The number of nitrogens with zero attached hydrogens (tertiary/aromatic N) is 3. The molecule has 3 nitrogen and oxygen atoms in total. The van der Waals surface area contributed by atoms with Gasteiger partial charge in [-0.15, -0.1) is 5.10 Å². The summed E-state index contributed by atoms with van der Waals surface area (Å²) in [6.07, 6.45) is 1.73. The molecule has 0 saturated heterocycles. The Morgan fingerprint density at radius 1 is 1.00 bits per heavy atom. The predicted octanol–water partition coefficient (Wildman–Crippen LogP) is 2.16. The number of hydrogen-bond acceptors (Lipinski definition) is 3. The SMILES string of the molecule is Cc1cnc(-c2ccccc2C)nn1. The van der Waals surface area contributed by atoms with Crippen molar-refractivity contribution in [3.8, 4) is 11.4 Å². The van der Waals surface area contributed by atoms with Crippen LogP contribution in [-0.4, -0.2) is 15.2 Å². The van der Waals surface area contributed by atoms with Gasteiger partial charge in [0.15, 0.2) is 5.82 Å². The van der Waals surface area contributed by atoms with Crippen molar-refractivity contribution >= 4 is 0 Å². The fourth-order valence-electron chi connectivity index (χ4n) is 1.28. The van der Waals surface area contributed by atoms with Crippen LogP contribution in [0.25, 0.3) is 11.4 Å². The summed E-state index contributed by atoms with van der Waals surface area (Å²) in [6.45, 7) is 3.92. The van der Waals surface area contributed by atoms with Gasteiger partial charge in [-0.1, -0.05) is 24.3 Å². The van der Waals surface area contributed by atoms with E-state index in [4.69, 9.17) is 0 Å². The highest BCUT2D eigenvalue weighted by molar-refractivity contribution is 5.58. The predicted molar refractivity (Wildman–Crippen MR) is 54.7 cm³/mol. The lowest BCUT2D eigenvalue weighted by atomic mass is 10.1. The highest BCUT2D eigenvalue weighted by Crippen LogP contribution is 2.17. The van der Waals surface area contributed by atoms with Gasteiger partial charge in [0, 0.05) is 5.56 Å². The van der Waals surface area contributed by atoms with E-state index in [9.17, 15) is 0 Å². The number of aryl methyl sites for hydroxylation is 2. The summed E-state index contributed by atoms with van der Waals surface area (Å²) in [5, 5.41) is 8.03. The Kier molecular flexibility index (Phi) is 2.23. The molecule has 1 aromatic carbocycles. The van der Waals surface area contributed by atoms with Crippen molar-refractivity contribution in [3.05, 3.63) is 41.7 Å². The molecule has 2 rings (SSSR count). The second kappa shape index (κ2) is 3.54. The maximum Gasteiger partial charge on any atom is 0.182 e. The fourth-order valence-corrected chi connectivity index (χ4v) is 1.28. The van der Waals surface area contributed by atoms with E-state index < -0.39 is 0 Å². The number of benzene rings is 1. The van der Waals surface area contributed by atoms with Gasteiger partial charge in [0.1, 0.15) is 0 Å². The molecule has 0 N–H and O–H groups in total. The maximum atomic E-state index is 4.24. The molecule has 0 bridgehead atoms. The molecular formula is C11H11N3. The Bertz CT molecular complexity index is 435. The van der Waals surface area contributed by atoms with E-state index in [0.29, 0.717) is 5.82 Å². The van der Waals surface area contributed by atoms with Gasteiger partial charge in [-0.2, -0.15) is 5.10 Å². The maximum absolute atomic E-state index is 4.24. The van der Waals surface area contributed by atoms with Gasteiger partial charge < -0.3 is 0 Å². The molecule has 1 heterocycles. The molecule has 0 fully saturated rings. The lowest BCUT2D eigenvalue weighted by molar-refractivity contribution is 0.934. The normalized spacial score (nSPS) is 10.1. The average Bonchev–Trinajstić information content (AvgIpc) is 2.20. The highest BCUT2D eigenvalue weighted by atomic mass is 15.1. The van der Waals surface area contributed by atoms with E-state index in [0.717, 1.165) is 16.8 Å². The second-order valence-electron chi connectivity index (χ2n) is 3.24. The number of hydrogen-bond donors (Lipinski definition) is 0. The Labute approximate surface area is 82.8 Å². The largest absolute Gasteiger partial charge is 0.233 e. The van der Waals surface area contributed by atoms with Crippen LogP contribution in [0.2, 0.25) is 0 Å². The zero-order valence-electron chi connectivity index (χ0n) is 8.23. The lowest BCUT2D eigenvalue weighted by Gasteiger charge is -2.02. The topological polar surface area (TPSA) is 38.7 Å². The van der Waals surface area contributed by atoms with Crippen molar-refractivity contribution in [2.24, 2.45) is 0 Å². The van der Waals surface area contributed by atoms with Crippen LogP contribution in [0.4, 0.5) is 0 Å². The first-order valence-electron chi connectivity index (χ1n) is 4.50. The van der Waals surface area contributed by atoms with Gasteiger partial charge in [0.2, 0.25) is 0 Å². The Morgan fingerprint density at radius 2 is 1.79 bits per heavy atom. The highest BCUT2D eigenvalue weighted by Gasteiger charge is 2.03. The first kappa shape index (κ1) is 8.81. The Morgan fingerprint density at radius 3 is 2.43 bits per heavy atom. The van der Waals surface area contributed by atoms with E-state index >= 15 is 0 Å². The zero-order valence-corrected chi connectivity index (χ0v) is 8.23. The van der Waals surface area contributed by atoms with Gasteiger partial charge in [-0.25, -0.2) is 4.98 Å². The van der Waals surface area contributed by atoms with Crippen LogP contribution in [0.3, 0.4) is 0 Å². The molecule has 0 aliphatic heterocycles. The Hall–Kier alpha value is -1.77. The van der Waals surface area contributed by atoms with Crippen molar-refractivity contribution in [2.75, 3.05) is 0 Å². The standard InChI is InChI=1S/C11H11N3/c1-8-5-3-4-6-10(8)11-12-7-9(2)13-14-11/h3-7H,1-2H3. The molecule has 0 unspecified atom stereocenters. The quantitative estimate of drug-likeness (QED) is 0.683. The molecule has 0 aliphatic rings. The van der Waals surface area contributed by atoms with Crippen LogP contribution in [-0.2, 0) is 0 Å². The van der Waals surface area contributed by atoms with E-state index in [2.05, 4.69) is 15.2 Å². The average molecular weight is 185 g/mol. The third kappa shape index (κ3) is 1.62. The smallest absolute Gasteiger partial charge is 0.182 e. The first-order valence-corrected chi connectivity index (χ1v) is 4.50. The molecule has 1 aromatic heterocycles. The van der Waals surface area contributed by atoms with Crippen LogP contribution < -0.4 is 0 Å². The third-order valence-corrected chi connectivity index (χ3v) is 2.06. The van der Waals surface area contributed by atoms with Crippen molar-refractivity contribution in [3.63, 3.8) is 0 Å². The van der Waals surface area contributed by atoms with E-state index in [-0.39, 0.29) is 0 Å². The minimum atomic E-state index is 0.689. The summed E-state index contributed by atoms with van der Waals surface area (Å²) < 4.78 is 0. The van der Waals surface area contributed by atoms with E-state index in [1.807, 2.05) is 38.1 Å². The van der Waals surface area contributed by atoms with Crippen LogP contribution in [0.1, 0.15) is 11.3 Å². The molecule has 70 valence electrons. The monoisotopic (exact) mass is 185 g/mol. The molecule has 0 saturated carbocycles. The van der Waals surface area contributed by atoms with Crippen LogP contribution >= 0.6 is 0 Å². The minimum Gasteiger partial charge on any atom is -0.233 e. The molecule has 3 heteroatoms. The van der Waals surface area contributed by atoms with Gasteiger partial charge in [0.25, 0.3) is 0 Å². The molecule has 0 spiro atoms. The summed E-state index contributed by atoms with van der Waals surface area (Å²) in [5.74, 6) is 0.689.